The maximum Gasteiger partial charge on any atom is 0.109 e. The molecule has 14 heavy (non-hydrogen) atoms. The second kappa shape index (κ2) is 3.62. The Morgan fingerprint density at radius 1 is 1.43 bits per heavy atom. The van der Waals surface area contributed by atoms with Gasteiger partial charge in [0.1, 0.15) is 11.3 Å². The van der Waals surface area contributed by atoms with Crippen LogP contribution in [0.4, 0.5) is 0 Å². The molecule has 0 unspecified atom stereocenters. The fraction of sp³-hybridized carbons (Fsp3) is 0.364. The van der Waals surface area contributed by atoms with Gasteiger partial charge in [0.05, 0.1) is 10.5 Å². The molecule has 74 valence electrons. The van der Waals surface area contributed by atoms with Crippen LogP contribution in [0.3, 0.4) is 0 Å². The summed E-state index contributed by atoms with van der Waals surface area (Å²) in [6, 6.07) is 5.89. The number of rotatable bonds is 2. The molecule has 0 saturated heterocycles. The lowest BCUT2D eigenvalue weighted by Gasteiger charge is -1.99. The molecule has 0 aliphatic carbocycles. The van der Waals surface area contributed by atoms with E-state index in [1.54, 1.807) is 0 Å². The molecule has 3 heteroatoms. The standard InChI is InChI=1S/C11H13ClN2/c1-3-5-10-13-11-8(12)6-4-7-9(11)14(10)2/h4,6-7H,3,5H2,1-2H3. The third kappa shape index (κ3) is 1.40. The molecule has 2 aromatic rings. The topological polar surface area (TPSA) is 17.8 Å². The van der Waals surface area contributed by atoms with Crippen molar-refractivity contribution in [2.75, 3.05) is 0 Å². The van der Waals surface area contributed by atoms with E-state index in [2.05, 4.69) is 16.5 Å². The van der Waals surface area contributed by atoms with E-state index >= 15 is 0 Å². The van der Waals surface area contributed by atoms with E-state index in [9.17, 15) is 0 Å². The smallest absolute Gasteiger partial charge is 0.109 e. The molecule has 0 spiro atoms. The molecule has 0 radical (unpaired) electrons. The van der Waals surface area contributed by atoms with Crippen molar-refractivity contribution in [2.24, 2.45) is 7.05 Å². The van der Waals surface area contributed by atoms with Gasteiger partial charge in [0.2, 0.25) is 0 Å². The van der Waals surface area contributed by atoms with E-state index in [0.29, 0.717) is 0 Å². The first-order valence-electron chi connectivity index (χ1n) is 4.84. The maximum atomic E-state index is 6.07. The van der Waals surface area contributed by atoms with E-state index in [0.717, 1.165) is 34.7 Å². The van der Waals surface area contributed by atoms with E-state index in [4.69, 9.17) is 11.6 Å². The van der Waals surface area contributed by atoms with Crippen molar-refractivity contribution in [3.8, 4) is 0 Å². The molecular weight excluding hydrogens is 196 g/mol. The number of aryl methyl sites for hydroxylation is 2. The van der Waals surface area contributed by atoms with Gasteiger partial charge >= 0.3 is 0 Å². The molecule has 0 atom stereocenters. The number of hydrogen-bond acceptors (Lipinski definition) is 1. The zero-order chi connectivity index (χ0) is 10.1. The average Bonchev–Trinajstić information content (AvgIpc) is 2.48. The van der Waals surface area contributed by atoms with E-state index in [-0.39, 0.29) is 0 Å². The van der Waals surface area contributed by atoms with Crippen molar-refractivity contribution < 1.29 is 0 Å². The highest BCUT2D eigenvalue weighted by Crippen LogP contribution is 2.23. The summed E-state index contributed by atoms with van der Waals surface area (Å²) in [7, 11) is 2.04. The fourth-order valence-electron chi connectivity index (χ4n) is 1.68. The lowest BCUT2D eigenvalue weighted by molar-refractivity contribution is 0.773. The van der Waals surface area contributed by atoms with Gasteiger partial charge in [-0.15, -0.1) is 0 Å². The highest BCUT2D eigenvalue weighted by atomic mass is 35.5. The monoisotopic (exact) mass is 208 g/mol. The number of benzene rings is 1. The predicted molar refractivity (Wildman–Crippen MR) is 59.7 cm³/mol. The molecule has 0 saturated carbocycles. The number of fused-ring (bicyclic) bond motifs is 1. The van der Waals surface area contributed by atoms with Crippen LogP contribution in [-0.4, -0.2) is 9.55 Å². The Bertz CT molecular complexity index is 460. The van der Waals surface area contributed by atoms with Gasteiger partial charge in [0.25, 0.3) is 0 Å². The minimum atomic E-state index is 0.737. The van der Waals surface area contributed by atoms with Gasteiger partial charge in [-0.2, -0.15) is 0 Å². The van der Waals surface area contributed by atoms with Gasteiger partial charge < -0.3 is 4.57 Å². The van der Waals surface area contributed by atoms with Crippen molar-refractivity contribution in [3.63, 3.8) is 0 Å². The van der Waals surface area contributed by atoms with Crippen LogP contribution in [0, 0.1) is 0 Å². The minimum Gasteiger partial charge on any atom is -0.331 e. The van der Waals surface area contributed by atoms with Crippen LogP contribution in [0.2, 0.25) is 5.02 Å². The zero-order valence-electron chi connectivity index (χ0n) is 8.42. The van der Waals surface area contributed by atoms with Crippen molar-refractivity contribution in [1.29, 1.82) is 0 Å². The van der Waals surface area contributed by atoms with E-state index in [1.165, 1.54) is 0 Å². The van der Waals surface area contributed by atoms with Gasteiger partial charge in [0.15, 0.2) is 0 Å². The summed E-state index contributed by atoms with van der Waals surface area (Å²) < 4.78 is 2.12. The minimum absolute atomic E-state index is 0.737. The van der Waals surface area contributed by atoms with Crippen LogP contribution in [0.15, 0.2) is 18.2 Å². The molecule has 0 fully saturated rings. The molecule has 1 aromatic heterocycles. The van der Waals surface area contributed by atoms with E-state index < -0.39 is 0 Å². The fourth-order valence-corrected chi connectivity index (χ4v) is 1.89. The Morgan fingerprint density at radius 2 is 2.21 bits per heavy atom. The predicted octanol–water partition coefficient (Wildman–Crippen LogP) is 3.18. The maximum absolute atomic E-state index is 6.07. The SMILES string of the molecule is CCCc1nc2c(Cl)cccc2n1C. The number of halogens is 1. The third-order valence-electron chi connectivity index (χ3n) is 2.43. The van der Waals surface area contributed by atoms with Gasteiger partial charge in [-0.3, -0.25) is 0 Å². The van der Waals surface area contributed by atoms with Gasteiger partial charge in [0, 0.05) is 13.5 Å². The Morgan fingerprint density at radius 3 is 2.86 bits per heavy atom. The second-order valence-corrected chi connectivity index (χ2v) is 3.85. The number of nitrogens with zero attached hydrogens (tertiary/aromatic N) is 2. The molecular formula is C11H13ClN2. The molecule has 0 aliphatic heterocycles. The Kier molecular flexibility index (Phi) is 2.46. The Labute approximate surface area is 88.5 Å². The first-order valence-corrected chi connectivity index (χ1v) is 5.21. The lowest BCUT2D eigenvalue weighted by atomic mass is 10.3. The quantitative estimate of drug-likeness (QED) is 0.741. The van der Waals surface area contributed by atoms with E-state index in [1.807, 2.05) is 25.2 Å². The average molecular weight is 209 g/mol. The zero-order valence-corrected chi connectivity index (χ0v) is 9.17. The van der Waals surface area contributed by atoms with Crippen molar-refractivity contribution >= 4 is 22.6 Å². The summed E-state index contributed by atoms with van der Waals surface area (Å²) in [6.45, 7) is 2.15. The number of imidazole rings is 1. The van der Waals surface area contributed by atoms with Crippen LogP contribution in [0.5, 0.6) is 0 Å². The molecule has 1 heterocycles. The second-order valence-electron chi connectivity index (χ2n) is 3.44. The molecule has 0 bridgehead atoms. The van der Waals surface area contributed by atoms with Crippen LogP contribution in [-0.2, 0) is 13.5 Å². The van der Waals surface area contributed by atoms with Gasteiger partial charge in [-0.25, -0.2) is 4.98 Å². The summed E-state index contributed by atoms with van der Waals surface area (Å²) in [4.78, 5) is 4.53. The summed E-state index contributed by atoms with van der Waals surface area (Å²) >= 11 is 6.07. The lowest BCUT2D eigenvalue weighted by Crippen LogP contribution is -1.96. The van der Waals surface area contributed by atoms with Crippen LogP contribution in [0.25, 0.3) is 11.0 Å². The van der Waals surface area contributed by atoms with Crippen LogP contribution < -0.4 is 0 Å². The highest BCUT2D eigenvalue weighted by molar-refractivity contribution is 6.34. The summed E-state index contributed by atoms with van der Waals surface area (Å²) in [5, 5.41) is 0.737. The molecule has 0 N–H and O–H groups in total. The summed E-state index contributed by atoms with van der Waals surface area (Å²) in [5.74, 6) is 1.11. The third-order valence-corrected chi connectivity index (χ3v) is 2.73. The molecule has 1 aromatic carbocycles. The first-order chi connectivity index (χ1) is 6.74. The van der Waals surface area contributed by atoms with Crippen molar-refractivity contribution in [2.45, 2.75) is 19.8 Å². The largest absolute Gasteiger partial charge is 0.331 e. The Balaban J connectivity index is 2.67. The molecule has 0 aliphatic rings. The van der Waals surface area contributed by atoms with Crippen molar-refractivity contribution in [1.82, 2.24) is 9.55 Å². The highest BCUT2D eigenvalue weighted by Gasteiger charge is 2.08. The number of hydrogen-bond donors (Lipinski definition) is 0. The molecule has 2 rings (SSSR count). The van der Waals surface area contributed by atoms with Crippen LogP contribution >= 0.6 is 11.6 Å². The first kappa shape index (κ1) is 9.53. The molecule has 0 amide bonds. The summed E-state index contributed by atoms with van der Waals surface area (Å²) in [5.41, 5.74) is 2.03. The number of para-hydroxylation sites is 1. The van der Waals surface area contributed by atoms with Gasteiger partial charge in [-0.05, 0) is 18.6 Å². The van der Waals surface area contributed by atoms with Gasteiger partial charge in [-0.1, -0.05) is 24.6 Å². The summed E-state index contributed by atoms with van der Waals surface area (Å²) in [6.07, 6.45) is 2.11. The normalized spacial score (nSPS) is 11.1. The van der Waals surface area contributed by atoms with Crippen molar-refractivity contribution in [3.05, 3.63) is 29.0 Å². The Hall–Kier alpha value is -1.02. The molecule has 2 nitrogen and oxygen atoms in total. The van der Waals surface area contributed by atoms with Crippen LogP contribution in [0.1, 0.15) is 19.2 Å². The number of aromatic nitrogens is 2.